The fourth-order valence-corrected chi connectivity index (χ4v) is 2.34. The molecule has 2 atom stereocenters. The van der Waals surface area contributed by atoms with Crippen molar-refractivity contribution in [2.45, 2.75) is 38.1 Å². The highest BCUT2D eigenvalue weighted by atomic mass is 19.2. The van der Waals surface area contributed by atoms with Crippen LogP contribution in [0.3, 0.4) is 0 Å². The molecule has 0 aromatic heterocycles. The Hall–Kier alpha value is -2.36. The summed E-state index contributed by atoms with van der Waals surface area (Å²) < 4.78 is 31.6. The van der Waals surface area contributed by atoms with Gasteiger partial charge in [0, 0.05) is 23.3 Å². The van der Waals surface area contributed by atoms with Crippen LogP contribution in [0.4, 0.5) is 8.78 Å². The van der Waals surface area contributed by atoms with Crippen LogP contribution in [0.5, 0.6) is 0 Å². The molecule has 1 aliphatic heterocycles. The number of halogens is 2. The van der Waals surface area contributed by atoms with Crippen molar-refractivity contribution in [3.63, 3.8) is 0 Å². The minimum Gasteiger partial charge on any atom is -0.478 e. The Morgan fingerprint density at radius 3 is 2.15 bits per heavy atom. The van der Waals surface area contributed by atoms with Crippen LogP contribution in [0.1, 0.15) is 26.3 Å². The first kappa shape index (κ1) is 21.7. The van der Waals surface area contributed by atoms with Gasteiger partial charge in [0.05, 0.1) is 12.6 Å². The SMILES string of the molecule is C[C@@H]1NC(C)(C)CO[C@@]1(O)c1ccc(F)c(F)c1.O=C(O)/C=C/C(=O)O. The zero-order valence-electron chi connectivity index (χ0n) is 14.5. The van der Waals surface area contributed by atoms with Gasteiger partial charge in [0.15, 0.2) is 11.6 Å². The standard InChI is InChI=1S/C13H17F2NO2.C4H4O4/c1-8-13(17,18-7-12(2,3)16-8)9-4-5-10(14)11(15)6-9;5-3(6)1-2-4(7)8/h4-6,8,16-17H,7H2,1-3H3;1-2H,(H,5,6)(H,7,8)/b;2-1+/t8-,13+;/m0./s1. The third kappa shape index (κ3) is 5.87. The predicted molar refractivity (Wildman–Crippen MR) is 87.3 cm³/mol. The number of carbonyl (C=O) groups is 2. The highest BCUT2D eigenvalue weighted by molar-refractivity contribution is 5.89. The Balaban J connectivity index is 0.000000359. The fraction of sp³-hybridized carbons (Fsp3) is 0.412. The first-order chi connectivity index (χ1) is 11.9. The minimum atomic E-state index is -1.65. The number of aliphatic hydroxyl groups is 1. The number of benzene rings is 1. The van der Waals surface area contributed by atoms with E-state index in [1.807, 2.05) is 13.8 Å². The van der Waals surface area contributed by atoms with Crippen molar-refractivity contribution in [1.29, 1.82) is 0 Å². The maximum Gasteiger partial charge on any atom is 0.328 e. The van der Waals surface area contributed by atoms with E-state index in [4.69, 9.17) is 14.9 Å². The molecule has 0 unspecified atom stereocenters. The van der Waals surface area contributed by atoms with E-state index in [9.17, 15) is 23.5 Å². The first-order valence-electron chi connectivity index (χ1n) is 7.61. The Morgan fingerprint density at radius 2 is 1.73 bits per heavy atom. The Kier molecular flexibility index (Phi) is 6.96. The zero-order chi connectivity index (χ0) is 20.1. The van der Waals surface area contributed by atoms with Crippen LogP contribution in [0, 0.1) is 11.6 Å². The normalized spacial score (nSPS) is 24.6. The summed E-state index contributed by atoms with van der Waals surface area (Å²) in [6.07, 6.45) is 1.12. The van der Waals surface area contributed by atoms with Gasteiger partial charge in [-0.3, -0.25) is 0 Å². The van der Waals surface area contributed by atoms with Crippen molar-refractivity contribution in [2.24, 2.45) is 0 Å². The molecule has 0 saturated carbocycles. The second kappa shape index (κ2) is 8.35. The van der Waals surface area contributed by atoms with E-state index in [1.165, 1.54) is 6.07 Å². The van der Waals surface area contributed by atoms with Crippen LogP contribution in [0.2, 0.25) is 0 Å². The molecule has 0 spiro atoms. The van der Waals surface area contributed by atoms with Gasteiger partial charge in [0.1, 0.15) is 0 Å². The van der Waals surface area contributed by atoms with Crippen LogP contribution >= 0.6 is 0 Å². The molecule has 1 aromatic rings. The average molecular weight is 373 g/mol. The lowest BCUT2D eigenvalue weighted by atomic mass is 9.92. The monoisotopic (exact) mass is 373 g/mol. The molecule has 0 radical (unpaired) electrons. The summed E-state index contributed by atoms with van der Waals surface area (Å²) in [6, 6.07) is 2.84. The summed E-state index contributed by atoms with van der Waals surface area (Å²) >= 11 is 0. The molecule has 9 heteroatoms. The summed E-state index contributed by atoms with van der Waals surface area (Å²) in [5, 5.41) is 29.3. The minimum absolute atomic E-state index is 0.205. The Bertz CT molecular complexity index is 690. The molecule has 1 heterocycles. The molecule has 1 aromatic carbocycles. The van der Waals surface area contributed by atoms with Gasteiger partial charge in [-0.05, 0) is 32.9 Å². The predicted octanol–water partition coefficient (Wildman–Crippen LogP) is 1.61. The van der Waals surface area contributed by atoms with E-state index in [0.717, 1.165) is 12.1 Å². The second-order valence-corrected chi connectivity index (χ2v) is 6.37. The van der Waals surface area contributed by atoms with Crippen LogP contribution < -0.4 is 5.32 Å². The van der Waals surface area contributed by atoms with E-state index in [0.29, 0.717) is 12.2 Å². The van der Waals surface area contributed by atoms with E-state index >= 15 is 0 Å². The smallest absolute Gasteiger partial charge is 0.328 e. The highest BCUT2D eigenvalue weighted by Gasteiger charge is 2.45. The molecule has 0 amide bonds. The topological polar surface area (TPSA) is 116 Å². The largest absolute Gasteiger partial charge is 0.478 e. The number of carboxylic acids is 2. The number of carboxylic acid groups (broad SMARTS) is 2. The van der Waals surface area contributed by atoms with Crippen LogP contribution in [-0.4, -0.2) is 45.4 Å². The van der Waals surface area contributed by atoms with Crippen LogP contribution in [0.25, 0.3) is 0 Å². The van der Waals surface area contributed by atoms with Gasteiger partial charge in [0.25, 0.3) is 0 Å². The maximum absolute atomic E-state index is 13.2. The van der Waals surface area contributed by atoms with Gasteiger partial charge >= 0.3 is 11.9 Å². The molecule has 26 heavy (non-hydrogen) atoms. The number of aliphatic carboxylic acids is 2. The summed E-state index contributed by atoms with van der Waals surface area (Å²) in [6.45, 7) is 5.89. The average Bonchev–Trinajstić information content (AvgIpc) is 2.52. The molecule has 1 fully saturated rings. The van der Waals surface area contributed by atoms with Crippen molar-refractivity contribution in [3.8, 4) is 0 Å². The summed E-state index contributed by atoms with van der Waals surface area (Å²) in [5.41, 5.74) is -0.0681. The lowest BCUT2D eigenvalue weighted by Crippen LogP contribution is -2.63. The zero-order valence-corrected chi connectivity index (χ0v) is 14.5. The van der Waals surface area contributed by atoms with Crippen molar-refractivity contribution in [1.82, 2.24) is 5.32 Å². The number of nitrogens with one attached hydrogen (secondary N) is 1. The number of rotatable bonds is 3. The molecule has 0 bridgehead atoms. The van der Waals surface area contributed by atoms with Gasteiger partial charge in [-0.15, -0.1) is 0 Å². The molecule has 1 saturated heterocycles. The van der Waals surface area contributed by atoms with E-state index < -0.39 is 35.4 Å². The molecular weight excluding hydrogens is 352 g/mol. The van der Waals surface area contributed by atoms with Gasteiger partial charge in [-0.25, -0.2) is 18.4 Å². The lowest BCUT2D eigenvalue weighted by Gasteiger charge is -2.46. The van der Waals surface area contributed by atoms with Gasteiger partial charge < -0.3 is 25.4 Å². The Labute approximate surface area is 148 Å². The molecular formula is C17H21F2NO6. The maximum atomic E-state index is 13.2. The third-order valence-corrected chi connectivity index (χ3v) is 3.55. The van der Waals surface area contributed by atoms with E-state index in [-0.39, 0.29) is 17.7 Å². The first-order valence-corrected chi connectivity index (χ1v) is 7.61. The quantitative estimate of drug-likeness (QED) is 0.595. The number of ether oxygens (including phenoxy) is 1. The summed E-state index contributed by atoms with van der Waals surface area (Å²) in [5.74, 6) is -6.11. The number of hydrogen-bond donors (Lipinski definition) is 4. The van der Waals surface area contributed by atoms with E-state index in [2.05, 4.69) is 5.32 Å². The molecule has 4 N–H and O–H groups in total. The molecule has 2 rings (SSSR count). The molecule has 0 aliphatic carbocycles. The van der Waals surface area contributed by atoms with Crippen LogP contribution in [-0.2, 0) is 20.1 Å². The van der Waals surface area contributed by atoms with Crippen molar-refractivity contribution in [3.05, 3.63) is 47.5 Å². The summed E-state index contributed by atoms with van der Waals surface area (Å²) in [4.78, 5) is 19.1. The molecule has 1 aliphatic rings. The van der Waals surface area contributed by atoms with E-state index in [1.54, 1.807) is 6.92 Å². The van der Waals surface area contributed by atoms with Crippen molar-refractivity contribution in [2.75, 3.05) is 6.61 Å². The van der Waals surface area contributed by atoms with Crippen molar-refractivity contribution >= 4 is 11.9 Å². The van der Waals surface area contributed by atoms with Gasteiger partial charge in [-0.1, -0.05) is 6.07 Å². The highest BCUT2D eigenvalue weighted by Crippen LogP contribution is 2.33. The lowest BCUT2D eigenvalue weighted by molar-refractivity contribution is -0.263. The van der Waals surface area contributed by atoms with Gasteiger partial charge in [0.2, 0.25) is 5.79 Å². The Morgan fingerprint density at radius 1 is 1.19 bits per heavy atom. The molecule has 144 valence electrons. The third-order valence-electron chi connectivity index (χ3n) is 3.55. The summed E-state index contributed by atoms with van der Waals surface area (Å²) in [7, 11) is 0. The number of morpholine rings is 1. The van der Waals surface area contributed by atoms with Crippen LogP contribution in [0.15, 0.2) is 30.4 Å². The van der Waals surface area contributed by atoms with Gasteiger partial charge in [-0.2, -0.15) is 0 Å². The molecule has 7 nitrogen and oxygen atoms in total. The van der Waals surface area contributed by atoms with Crippen molar-refractivity contribution < 1.29 is 38.4 Å². The fourth-order valence-electron chi connectivity index (χ4n) is 2.34. The second-order valence-electron chi connectivity index (χ2n) is 6.37. The number of hydrogen-bond acceptors (Lipinski definition) is 5.